The molecule has 0 unspecified atom stereocenters. The van der Waals surface area contributed by atoms with Gasteiger partial charge in [0.05, 0.1) is 0 Å². The maximum Gasteiger partial charge on any atom is 0.321 e. The molecule has 3 amide bonds. The number of carbonyl (C=O) groups is 2. The van der Waals surface area contributed by atoms with Gasteiger partial charge in [-0.2, -0.15) is 0 Å². The van der Waals surface area contributed by atoms with Crippen molar-refractivity contribution in [3.05, 3.63) is 60.2 Å². The summed E-state index contributed by atoms with van der Waals surface area (Å²) < 4.78 is 0. The number of hydrogen-bond donors (Lipinski definition) is 3. The zero-order valence-electron chi connectivity index (χ0n) is 15.3. The Kier molecular flexibility index (Phi) is 5.93. The van der Waals surface area contributed by atoms with Crippen LogP contribution in [0.4, 0.5) is 10.5 Å². The molecule has 0 saturated carbocycles. The molecule has 0 aliphatic carbocycles. The molecule has 0 bridgehead atoms. The van der Waals surface area contributed by atoms with E-state index in [-0.39, 0.29) is 11.7 Å². The van der Waals surface area contributed by atoms with Crippen LogP contribution in [0.1, 0.15) is 11.6 Å². The minimum absolute atomic E-state index is 0.243. The fraction of sp³-hybridized carbons (Fsp3) is 0.300. The molecule has 1 aliphatic rings. The Morgan fingerprint density at radius 3 is 2.19 bits per heavy atom. The van der Waals surface area contributed by atoms with Gasteiger partial charge < -0.3 is 15.3 Å². The summed E-state index contributed by atoms with van der Waals surface area (Å²) in [5.41, 5.74) is 1.90. The minimum atomic E-state index is -0.523. The number of phenolic OH excluding ortho intramolecular Hbond substituents is 1. The highest BCUT2D eigenvalue weighted by Gasteiger charge is 2.31. The molecule has 1 heterocycles. The number of benzene rings is 2. The van der Waals surface area contributed by atoms with Crippen LogP contribution in [0.3, 0.4) is 0 Å². The third kappa shape index (κ3) is 4.57. The Balaban J connectivity index is 1.73. The third-order valence-corrected chi connectivity index (χ3v) is 4.72. The van der Waals surface area contributed by atoms with Crippen LogP contribution < -0.4 is 15.5 Å². The molecule has 27 heavy (non-hydrogen) atoms. The summed E-state index contributed by atoms with van der Waals surface area (Å²) in [5.74, 6) is -0.0916. The van der Waals surface area contributed by atoms with Crippen molar-refractivity contribution in [2.24, 2.45) is 0 Å². The normalized spacial score (nSPS) is 15.8. The molecule has 1 saturated heterocycles. The minimum Gasteiger partial charge on any atom is -0.508 e. The van der Waals surface area contributed by atoms with Gasteiger partial charge in [-0.1, -0.05) is 30.3 Å². The Bertz CT molecular complexity index is 772. The molecule has 3 N–H and O–H groups in total. The van der Waals surface area contributed by atoms with Crippen molar-refractivity contribution in [1.29, 1.82) is 0 Å². The third-order valence-electron chi connectivity index (χ3n) is 4.72. The molecule has 2 aromatic carbocycles. The van der Waals surface area contributed by atoms with Crippen LogP contribution in [-0.2, 0) is 4.79 Å². The van der Waals surface area contributed by atoms with Crippen molar-refractivity contribution >= 4 is 17.6 Å². The largest absolute Gasteiger partial charge is 0.508 e. The number of anilines is 1. The highest BCUT2D eigenvalue weighted by atomic mass is 16.3. The number of rotatable bonds is 4. The molecule has 2 aromatic rings. The van der Waals surface area contributed by atoms with Gasteiger partial charge >= 0.3 is 6.03 Å². The number of nitrogens with one attached hydrogen (secondary N) is 2. The number of phenols is 1. The Labute approximate surface area is 158 Å². The lowest BCUT2D eigenvalue weighted by atomic mass is 10.0. The first-order chi connectivity index (χ1) is 13.1. The molecule has 0 radical (unpaired) electrons. The van der Waals surface area contributed by atoms with Gasteiger partial charge in [-0.15, -0.1) is 0 Å². The molecule has 7 nitrogen and oxygen atoms in total. The molecule has 1 atom stereocenters. The van der Waals surface area contributed by atoms with Gasteiger partial charge in [-0.05, 0) is 29.8 Å². The number of hydrogen-bond acceptors (Lipinski definition) is 5. The van der Waals surface area contributed by atoms with Crippen molar-refractivity contribution in [3.63, 3.8) is 0 Å². The molecular weight excluding hydrogens is 344 g/mol. The van der Waals surface area contributed by atoms with E-state index in [1.165, 1.54) is 7.05 Å². The topological polar surface area (TPSA) is 84.9 Å². The summed E-state index contributed by atoms with van der Waals surface area (Å²) in [6.45, 7) is 2.87. The molecular formula is C20H24N4O3. The maximum absolute atomic E-state index is 12.7. The van der Waals surface area contributed by atoms with Crippen LogP contribution in [0, 0.1) is 0 Å². The van der Waals surface area contributed by atoms with Gasteiger partial charge in [-0.25, -0.2) is 4.79 Å². The van der Waals surface area contributed by atoms with Gasteiger partial charge in [0.25, 0.3) is 0 Å². The number of nitrogens with zero attached hydrogens (tertiary/aromatic N) is 2. The molecule has 1 fully saturated rings. The second-order valence-corrected chi connectivity index (χ2v) is 6.42. The summed E-state index contributed by atoms with van der Waals surface area (Å²) in [5, 5.41) is 14.3. The standard InChI is InChI=1S/C20H24N4O3/c1-21-20(27)22-19(26)18(15-5-3-2-4-6-15)24-13-11-23(12-14-24)16-7-9-17(25)10-8-16/h2-10,18,25H,11-14H2,1H3,(H2,21,22,26,27)/t18-/m0/s1. The summed E-state index contributed by atoms with van der Waals surface area (Å²) in [6, 6.07) is 15.6. The molecule has 0 spiro atoms. The van der Waals surface area contributed by atoms with Gasteiger partial charge in [0.2, 0.25) is 5.91 Å². The average molecular weight is 368 g/mol. The number of imide groups is 1. The van der Waals surface area contributed by atoms with E-state index in [0.29, 0.717) is 13.1 Å². The zero-order valence-corrected chi connectivity index (χ0v) is 15.3. The van der Waals surface area contributed by atoms with Crippen LogP contribution in [0.2, 0.25) is 0 Å². The SMILES string of the molecule is CNC(=O)NC(=O)[C@H](c1ccccc1)N1CCN(c2ccc(O)cc2)CC1. The van der Waals surface area contributed by atoms with E-state index in [2.05, 4.69) is 20.4 Å². The van der Waals surface area contributed by atoms with Gasteiger partial charge in [0, 0.05) is 38.9 Å². The molecule has 142 valence electrons. The van der Waals surface area contributed by atoms with Crippen molar-refractivity contribution in [2.45, 2.75) is 6.04 Å². The molecule has 3 rings (SSSR count). The Hall–Kier alpha value is -3.06. The predicted molar refractivity (Wildman–Crippen MR) is 104 cm³/mol. The average Bonchev–Trinajstić information content (AvgIpc) is 2.70. The van der Waals surface area contributed by atoms with E-state index >= 15 is 0 Å². The van der Waals surface area contributed by atoms with Crippen LogP contribution in [0.25, 0.3) is 0 Å². The van der Waals surface area contributed by atoms with E-state index in [4.69, 9.17) is 0 Å². The smallest absolute Gasteiger partial charge is 0.321 e. The van der Waals surface area contributed by atoms with Crippen molar-refractivity contribution in [3.8, 4) is 5.75 Å². The van der Waals surface area contributed by atoms with Crippen LogP contribution in [0.5, 0.6) is 5.75 Å². The molecule has 0 aromatic heterocycles. The summed E-state index contributed by atoms with van der Waals surface area (Å²) in [7, 11) is 1.48. The van der Waals surface area contributed by atoms with Gasteiger partial charge in [-0.3, -0.25) is 15.0 Å². The lowest BCUT2D eigenvalue weighted by Crippen LogP contribution is -2.52. The first-order valence-corrected chi connectivity index (χ1v) is 8.94. The van der Waals surface area contributed by atoms with Gasteiger partial charge in [0.1, 0.15) is 11.8 Å². The lowest BCUT2D eigenvalue weighted by Gasteiger charge is -2.39. The first kappa shape index (κ1) is 18.7. The van der Waals surface area contributed by atoms with Crippen LogP contribution in [0.15, 0.2) is 54.6 Å². The molecule has 7 heteroatoms. The van der Waals surface area contributed by atoms with Crippen LogP contribution in [-0.4, -0.2) is 55.2 Å². The van der Waals surface area contributed by atoms with Crippen molar-refractivity contribution in [1.82, 2.24) is 15.5 Å². The number of amides is 3. The number of piperazine rings is 1. The second kappa shape index (κ2) is 8.55. The van der Waals surface area contributed by atoms with Crippen LogP contribution >= 0.6 is 0 Å². The second-order valence-electron chi connectivity index (χ2n) is 6.42. The van der Waals surface area contributed by atoms with Crippen molar-refractivity contribution < 1.29 is 14.7 Å². The van der Waals surface area contributed by atoms with E-state index < -0.39 is 12.1 Å². The maximum atomic E-state index is 12.7. The van der Waals surface area contributed by atoms with E-state index in [1.807, 2.05) is 42.5 Å². The van der Waals surface area contributed by atoms with E-state index in [1.54, 1.807) is 12.1 Å². The monoisotopic (exact) mass is 368 g/mol. The fourth-order valence-corrected chi connectivity index (χ4v) is 3.31. The quantitative estimate of drug-likeness (QED) is 0.765. The van der Waals surface area contributed by atoms with E-state index in [0.717, 1.165) is 24.3 Å². The Morgan fingerprint density at radius 2 is 1.59 bits per heavy atom. The number of carbonyl (C=O) groups excluding carboxylic acids is 2. The lowest BCUT2D eigenvalue weighted by molar-refractivity contribution is -0.125. The summed E-state index contributed by atoms with van der Waals surface area (Å²) >= 11 is 0. The zero-order chi connectivity index (χ0) is 19.2. The highest BCUT2D eigenvalue weighted by molar-refractivity contribution is 5.97. The summed E-state index contributed by atoms with van der Waals surface area (Å²) in [6.07, 6.45) is 0. The highest BCUT2D eigenvalue weighted by Crippen LogP contribution is 2.25. The Morgan fingerprint density at radius 1 is 0.963 bits per heavy atom. The number of aromatic hydroxyl groups is 1. The fourth-order valence-electron chi connectivity index (χ4n) is 3.31. The first-order valence-electron chi connectivity index (χ1n) is 8.94. The van der Waals surface area contributed by atoms with Crippen molar-refractivity contribution in [2.75, 3.05) is 38.1 Å². The molecule has 1 aliphatic heterocycles. The number of urea groups is 1. The van der Waals surface area contributed by atoms with Gasteiger partial charge in [0.15, 0.2) is 0 Å². The predicted octanol–water partition coefficient (Wildman–Crippen LogP) is 1.71. The summed E-state index contributed by atoms with van der Waals surface area (Å²) in [4.78, 5) is 28.7. The van der Waals surface area contributed by atoms with E-state index in [9.17, 15) is 14.7 Å².